The monoisotopic (exact) mass is 519 g/mol. The van der Waals surface area contributed by atoms with Crippen LogP contribution in [0.2, 0.25) is 0 Å². The highest BCUT2D eigenvalue weighted by Crippen LogP contribution is 2.26. The number of phenolic OH excluding ortho intramolecular Hbond substituents is 1. The minimum Gasteiger partial charge on any atom is -0.508 e. The number of aromatic hydroxyl groups is 1. The van der Waals surface area contributed by atoms with Crippen LogP contribution in [-0.2, 0) is 14.3 Å². The highest BCUT2D eigenvalue weighted by molar-refractivity contribution is 5.92. The molecule has 0 saturated carbocycles. The smallest absolute Gasteiger partial charge is 0.408 e. The van der Waals surface area contributed by atoms with Gasteiger partial charge in [-0.3, -0.25) is 9.59 Å². The number of carbonyl (C=O) groups is 3. The summed E-state index contributed by atoms with van der Waals surface area (Å²) >= 11 is 0. The van der Waals surface area contributed by atoms with Crippen LogP contribution in [0.5, 0.6) is 5.75 Å². The van der Waals surface area contributed by atoms with Crippen molar-refractivity contribution in [3.63, 3.8) is 0 Å². The summed E-state index contributed by atoms with van der Waals surface area (Å²) in [5.41, 5.74) is -0.112. The Bertz CT molecular complexity index is 846. The molecule has 1 aromatic rings. The Hall–Kier alpha value is -2.77. The lowest BCUT2D eigenvalue weighted by atomic mass is 9.98. The number of nitrogens with zero attached hydrogens (tertiary/aromatic N) is 1. The van der Waals surface area contributed by atoms with Crippen LogP contribution >= 0.6 is 0 Å². The van der Waals surface area contributed by atoms with Gasteiger partial charge in [-0.1, -0.05) is 58.6 Å². The lowest BCUT2D eigenvalue weighted by Crippen LogP contribution is -2.54. The predicted molar refractivity (Wildman–Crippen MR) is 147 cm³/mol. The predicted octanol–water partition coefficient (Wildman–Crippen LogP) is 5.70. The van der Waals surface area contributed by atoms with E-state index in [9.17, 15) is 19.5 Å². The summed E-state index contributed by atoms with van der Waals surface area (Å²) in [5, 5.41) is 15.5. The molecule has 2 atom stereocenters. The highest BCUT2D eigenvalue weighted by atomic mass is 16.6. The van der Waals surface area contributed by atoms with Crippen molar-refractivity contribution in [3.05, 3.63) is 29.8 Å². The Morgan fingerprint density at radius 1 is 0.946 bits per heavy atom. The van der Waals surface area contributed by atoms with E-state index in [1.54, 1.807) is 37.8 Å². The number of hydrogen-bond donors (Lipinski definition) is 3. The largest absolute Gasteiger partial charge is 0.508 e. The average molecular weight is 520 g/mol. The summed E-state index contributed by atoms with van der Waals surface area (Å²) in [6.45, 7) is 15.5. The maximum atomic E-state index is 14.1. The maximum Gasteiger partial charge on any atom is 0.408 e. The van der Waals surface area contributed by atoms with Gasteiger partial charge in [0.25, 0.3) is 0 Å². The lowest BCUT2D eigenvalue weighted by molar-refractivity contribution is -0.143. The van der Waals surface area contributed by atoms with Crippen molar-refractivity contribution >= 4 is 17.9 Å². The van der Waals surface area contributed by atoms with Crippen LogP contribution < -0.4 is 10.6 Å². The molecular formula is C29H49N3O5. The molecule has 8 nitrogen and oxygen atoms in total. The number of unbranched alkanes of at least 4 members (excludes halogenated alkanes) is 4. The van der Waals surface area contributed by atoms with Crippen LogP contribution in [0.1, 0.15) is 106 Å². The minimum absolute atomic E-state index is 0.0773. The summed E-state index contributed by atoms with van der Waals surface area (Å²) in [6.07, 6.45) is 4.66. The Balaban J connectivity index is 3.43. The molecule has 0 aliphatic rings. The van der Waals surface area contributed by atoms with E-state index in [1.165, 1.54) is 12.1 Å². The number of alkyl carbamates (subject to hydrolysis) is 1. The van der Waals surface area contributed by atoms with E-state index in [0.717, 1.165) is 32.1 Å². The number of hydrogen-bond acceptors (Lipinski definition) is 5. The van der Waals surface area contributed by atoms with Gasteiger partial charge in [0.15, 0.2) is 0 Å². The fourth-order valence-corrected chi connectivity index (χ4v) is 4.09. The standard InChI is InChI=1S/C29H49N3O5/c1-9-10-11-12-13-18-32(25(26(34)30-21(4)5)22-14-16-23(33)17-15-22)27(35)24(19-20(2)3)31-28(36)37-29(6,7)8/h14-17,20-21,24-25,33H,9-13,18-19H2,1-8H3,(H,30,34)(H,31,36). The van der Waals surface area contributed by atoms with Crippen LogP contribution in [0, 0.1) is 5.92 Å². The van der Waals surface area contributed by atoms with Crippen molar-refractivity contribution in [2.24, 2.45) is 5.92 Å². The Morgan fingerprint density at radius 3 is 2.05 bits per heavy atom. The van der Waals surface area contributed by atoms with Crippen molar-refractivity contribution < 1.29 is 24.2 Å². The number of amides is 3. The van der Waals surface area contributed by atoms with Gasteiger partial charge in [0, 0.05) is 12.6 Å². The van der Waals surface area contributed by atoms with Gasteiger partial charge in [-0.05, 0) is 71.1 Å². The van der Waals surface area contributed by atoms with Crippen LogP contribution in [-0.4, -0.2) is 52.1 Å². The normalized spacial score (nSPS) is 13.2. The molecular weight excluding hydrogens is 470 g/mol. The molecule has 1 rings (SSSR count). The van der Waals surface area contributed by atoms with E-state index < -0.39 is 23.8 Å². The first kappa shape index (κ1) is 32.3. The van der Waals surface area contributed by atoms with Crippen LogP contribution in [0.4, 0.5) is 4.79 Å². The van der Waals surface area contributed by atoms with Crippen molar-refractivity contribution in [2.75, 3.05) is 6.54 Å². The zero-order chi connectivity index (χ0) is 28.2. The fourth-order valence-electron chi connectivity index (χ4n) is 4.09. The topological polar surface area (TPSA) is 108 Å². The Morgan fingerprint density at radius 2 is 1.54 bits per heavy atom. The first-order chi connectivity index (χ1) is 17.2. The zero-order valence-electron chi connectivity index (χ0n) is 24.1. The number of ether oxygens (including phenoxy) is 1. The van der Waals surface area contributed by atoms with Gasteiger partial charge in [0.2, 0.25) is 11.8 Å². The third-order valence-corrected chi connectivity index (χ3v) is 5.68. The second kappa shape index (κ2) is 15.5. The summed E-state index contributed by atoms with van der Waals surface area (Å²) in [5.74, 6) is -0.435. The van der Waals surface area contributed by atoms with Crippen molar-refractivity contribution in [3.8, 4) is 5.75 Å². The molecule has 1 aromatic carbocycles. The molecule has 8 heteroatoms. The summed E-state index contributed by atoms with van der Waals surface area (Å²) in [4.78, 5) is 41.8. The molecule has 0 radical (unpaired) electrons. The highest BCUT2D eigenvalue weighted by Gasteiger charge is 2.36. The molecule has 0 spiro atoms. The van der Waals surface area contributed by atoms with Gasteiger partial charge in [-0.2, -0.15) is 0 Å². The molecule has 0 aliphatic heterocycles. The Kier molecular flexibility index (Phi) is 13.5. The van der Waals surface area contributed by atoms with Crippen molar-refractivity contribution in [1.82, 2.24) is 15.5 Å². The number of carbonyl (C=O) groups excluding carboxylic acids is 3. The second-order valence-electron chi connectivity index (χ2n) is 11.4. The summed E-state index contributed by atoms with van der Waals surface area (Å²) in [7, 11) is 0. The molecule has 0 bridgehead atoms. The molecule has 0 fully saturated rings. The van der Waals surface area contributed by atoms with E-state index in [1.807, 2.05) is 27.7 Å². The molecule has 210 valence electrons. The van der Waals surface area contributed by atoms with Gasteiger partial charge in [0.05, 0.1) is 0 Å². The first-order valence-electron chi connectivity index (χ1n) is 13.6. The van der Waals surface area contributed by atoms with Crippen molar-refractivity contribution in [1.29, 1.82) is 0 Å². The van der Waals surface area contributed by atoms with Gasteiger partial charge in [-0.25, -0.2) is 4.79 Å². The molecule has 0 aromatic heterocycles. The molecule has 3 N–H and O–H groups in total. The zero-order valence-corrected chi connectivity index (χ0v) is 24.1. The van der Waals surface area contributed by atoms with Crippen LogP contribution in [0.3, 0.4) is 0 Å². The number of rotatable bonds is 14. The van der Waals surface area contributed by atoms with E-state index in [2.05, 4.69) is 17.6 Å². The van der Waals surface area contributed by atoms with E-state index in [0.29, 0.717) is 18.5 Å². The third kappa shape index (κ3) is 12.3. The van der Waals surface area contributed by atoms with Crippen molar-refractivity contribution in [2.45, 2.75) is 118 Å². The quantitative estimate of drug-likeness (QED) is 0.273. The molecule has 0 heterocycles. The third-order valence-electron chi connectivity index (χ3n) is 5.68. The fraction of sp³-hybridized carbons (Fsp3) is 0.690. The molecule has 3 amide bonds. The molecule has 2 unspecified atom stereocenters. The van der Waals surface area contributed by atoms with E-state index in [4.69, 9.17) is 4.74 Å². The van der Waals surface area contributed by atoms with E-state index in [-0.39, 0.29) is 29.5 Å². The first-order valence-corrected chi connectivity index (χ1v) is 13.6. The minimum atomic E-state index is -0.906. The van der Waals surface area contributed by atoms with Gasteiger partial charge in [-0.15, -0.1) is 0 Å². The number of phenols is 1. The lowest BCUT2D eigenvalue weighted by Gasteiger charge is -2.35. The Labute approximate surface area is 223 Å². The maximum absolute atomic E-state index is 14.1. The summed E-state index contributed by atoms with van der Waals surface area (Å²) in [6, 6.07) is 4.47. The van der Waals surface area contributed by atoms with Crippen LogP contribution in [0.15, 0.2) is 24.3 Å². The molecule has 0 aliphatic carbocycles. The number of benzene rings is 1. The van der Waals surface area contributed by atoms with Gasteiger partial charge >= 0.3 is 6.09 Å². The number of nitrogens with one attached hydrogen (secondary N) is 2. The van der Waals surface area contributed by atoms with Gasteiger partial charge < -0.3 is 25.4 Å². The molecule has 37 heavy (non-hydrogen) atoms. The van der Waals surface area contributed by atoms with E-state index >= 15 is 0 Å². The SMILES string of the molecule is CCCCCCCN(C(=O)C(CC(C)C)NC(=O)OC(C)(C)C)C(C(=O)NC(C)C)c1ccc(O)cc1. The van der Waals surface area contributed by atoms with Gasteiger partial charge in [0.1, 0.15) is 23.4 Å². The summed E-state index contributed by atoms with van der Waals surface area (Å²) < 4.78 is 5.44. The van der Waals surface area contributed by atoms with Crippen LogP contribution in [0.25, 0.3) is 0 Å². The molecule has 0 saturated heterocycles. The average Bonchev–Trinajstić information content (AvgIpc) is 2.76. The second-order valence-corrected chi connectivity index (χ2v) is 11.4.